The standard InChI is InChI=1S/C14H18N4O/c15-6-7-17-14(19)10-18-8-5-11-3-1-2-4-12(11)13(18)9-16/h1-4,13H,5,7-10,16H2,(H,17,19). The molecule has 0 radical (unpaired) electrons. The zero-order valence-electron chi connectivity index (χ0n) is 10.8. The Hall–Kier alpha value is -1.90. The fourth-order valence-corrected chi connectivity index (χ4v) is 2.55. The molecule has 1 amide bonds. The Morgan fingerprint density at radius 1 is 1.53 bits per heavy atom. The van der Waals surface area contributed by atoms with Crippen LogP contribution in [0.1, 0.15) is 17.2 Å². The number of nitrogens with two attached hydrogens (primary N) is 1. The zero-order valence-corrected chi connectivity index (χ0v) is 10.8. The van der Waals surface area contributed by atoms with Crippen molar-refractivity contribution in [3.63, 3.8) is 0 Å². The normalized spacial score (nSPS) is 18.4. The van der Waals surface area contributed by atoms with Gasteiger partial charge in [-0.1, -0.05) is 24.3 Å². The molecule has 1 aliphatic rings. The molecule has 19 heavy (non-hydrogen) atoms. The second-order valence-corrected chi connectivity index (χ2v) is 4.61. The van der Waals surface area contributed by atoms with Crippen LogP contribution < -0.4 is 11.1 Å². The summed E-state index contributed by atoms with van der Waals surface area (Å²) in [5.41, 5.74) is 8.38. The Morgan fingerprint density at radius 3 is 3.05 bits per heavy atom. The smallest absolute Gasteiger partial charge is 0.235 e. The molecule has 0 saturated heterocycles. The lowest BCUT2D eigenvalue weighted by Gasteiger charge is -2.36. The van der Waals surface area contributed by atoms with E-state index >= 15 is 0 Å². The van der Waals surface area contributed by atoms with E-state index in [-0.39, 0.29) is 25.0 Å². The van der Waals surface area contributed by atoms with E-state index in [2.05, 4.69) is 22.3 Å². The Morgan fingerprint density at radius 2 is 2.32 bits per heavy atom. The van der Waals surface area contributed by atoms with E-state index in [0.29, 0.717) is 6.54 Å². The third-order valence-corrected chi connectivity index (χ3v) is 3.46. The average molecular weight is 258 g/mol. The number of nitriles is 1. The minimum atomic E-state index is -0.126. The first-order valence-electron chi connectivity index (χ1n) is 6.42. The minimum absolute atomic E-state index is 0.0521. The first-order chi connectivity index (χ1) is 9.26. The first kappa shape index (κ1) is 13.5. The third-order valence-electron chi connectivity index (χ3n) is 3.46. The second kappa shape index (κ2) is 6.32. The summed E-state index contributed by atoms with van der Waals surface area (Å²) >= 11 is 0. The van der Waals surface area contributed by atoms with Crippen LogP contribution in [-0.2, 0) is 11.2 Å². The van der Waals surface area contributed by atoms with Crippen LogP contribution in [0.4, 0.5) is 0 Å². The van der Waals surface area contributed by atoms with Crippen molar-refractivity contribution in [2.24, 2.45) is 5.73 Å². The van der Waals surface area contributed by atoms with Crippen molar-refractivity contribution in [1.82, 2.24) is 10.2 Å². The summed E-state index contributed by atoms with van der Waals surface area (Å²) in [6.45, 7) is 1.65. The van der Waals surface area contributed by atoms with Gasteiger partial charge in [0.15, 0.2) is 0 Å². The quantitative estimate of drug-likeness (QED) is 0.755. The number of nitrogens with zero attached hydrogens (tertiary/aromatic N) is 2. The van der Waals surface area contributed by atoms with Crippen molar-refractivity contribution in [2.75, 3.05) is 26.2 Å². The number of rotatable bonds is 4. The molecule has 0 bridgehead atoms. The molecule has 0 saturated carbocycles. The Kier molecular flexibility index (Phi) is 4.50. The molecule has 3 N–H and O–H groups in total. The maximum atomic E-state index is 11.7. The molecule has 100 valence electrons. The molecule has 1 aliphatic heterocycles. The molecule has 0 aromatic heterocycles. The van der Waals surface area contributed by atoms with Gasteiger partial charge in [0.2, 0.25) is 5.91 Å². The van der Waals surface area contributed by atoms with Gasteiger partial charge in [0, 0.05) is 19.1 Å². The highest BCUT2D eigenvalue weighted by molar-refractivity contribution is 5.78. The Bertz CT molecular complexity index is 494. The van der Waals surface area contributed by atoms with E-state index in [4.69, 9.17) is 11.0 Å². The van der Waals surface area contributed by atoms with Gasteiger partial charge in [0.25, 0.3) is 0 Å². The predicted octanol–water partition coefficient (Wildman–Crippen LogP) is 0.184. The van der Waals surface area contributed by atoms with Gasteiger partial charge < -0.3 is 11.1 Å². The number of benzene rings is 1. The van der Waals surface area contributed by atoms with Gasteiger partial charge in [-0.2, -0.15) is 5.26 Å². The van der Waals surface area contributed by atoms with Crippen molar-refractivity contribution < 1.29 is 4.79 Å². The number of hydrogen-bond donors (Lipinski definition) is 2. The molecule has 1 aromatic carbocycles. The van der Waals surface area contributed by atoms with E-state index < -0.39 is 0 Å². The summed E-state index contributed by atoms with van der Waals surface area (Å²) in [4.78, 5) is 13.8. The van der Waals surface area contributed by atoms with Crippen molar-refractivity contribution in [2.45, 2.75) is 12.5 Å². The lowest BCUT2D eigenvalue weighted by atomic mass is 9.92. The molecule has 0 aliphatic carbocycles. The number of fused-ring (bicyclic) bond motifs is 1. The number of carbonyl (C=O) groups excluding carboxylic acids is 1. The van der Waals surface area contributed by atoms with Gasteiger partial charge in [0.05, 0.1) is 12.6 Å². The van der Waals surface area contributed by atoms with Gasteiger partial charge in [0.1, 0.15) is 6.54 Å². The molecular weight excluding hydrogens is 240 g/mol. The molecule has 0 fully saturated rings. The van der Waals surface area contributed by atoms with E-state index in [0.717, 1.165) is 13.0 Å². The molecular formula is C14H18N4O. The van der Waals surface area contributed by atoms with Gasteiger partial charge >= 0.3 is 0 Å². The second-order valence-electron chi connectivity index (χ2n) is 4.61. The van der Waals surface area contributed by atoms with E-state index in [9.17, 15) is 4.79 Å². The summed E-state index contributed by atoms with van der Waals surface area (Å²) in [6.07, 6.45) is 0.929. The van der Waals surface area contributed by atoms with Crippen LogP contribution in [0.3, 0.4) is 0 Å². The monoisotopic (exact) mass is 258 g/mol. The third kappa shape index (κ3) is 3.11. The maximum Gasteiger partial charge on any atom is 0.235 e. The highest BCUT2D eigenvalue weighted by Crippen LogP contribution is 2.28. The van der Waals surface area contributed by atoms with Crippen LogP contribution in [0.15, 0.2) is 24.3 Å². The fourth-order valence-electron chi connectivity index (χ4n) is 2.55. The molecule has 1 atom stereocenters. The van der Waals surface area contributed by atoms with Gasteiger partial charge in [-0.3, -0.25) is 9.69 Å². The summed E-state index contributed by atoms with van der Waals surface area (Å²) < 4.78 is 0. The molecule has 5 heteroatoms. The molecule has 1 unspecified atom stereocenters. The van der Waals surface area contributed by atoms with Crippen molar-refractivity contribution >= 4 is 5.91 Å². The largest absolute Gasteiger partial charge is 0.342 e. The van der Waals surface area contributed by atoms with E-state index in [1.807, 2.05) is 18.2 Å². The maximum absolute atomic E-state index is 11.7. The van der Waals surface area contributed by atoms with E-state index in [1.165, 1.54) is 11.1 Å². The highest BCUT2D eigenvalue weighted by atomic mass is 16.2. The lowest BCUT2D eigenvalue weighted by molar-refractivity contribution is -0.122. The predicted molar refractivity (Wildman–Crippen MR) is 72.1 cm³/mol. The van der Waals surface area contributed by atoms with Crippen LogP contribution in [-0.4, -0.2) is 37.0 Å². The molecule has 1 heterocycles. The highest BCUT2D eigenvalue weighted by Gasteiger charge is 2.27. The topological polar surface area (TPSA) is 82.2 Å². The molecule has 2 rings (SSSR count). The first-order valence-corrected chi connectivity index (χ1v) is 6.42. The van der Waals surface area contributed by atoms with Crippen LogP contribution in [0.25, 0.3) is 0 Å². The molecule has 5 nitrogen and oxygen atoms in total. The van der Waals surface area contributed by atoms with Crippen LogP contribution in [0, 0.1) is 11.3 Å². The van der Waals surface area contributed by atoms with Crippen molar-refractivity contribution in [1.29, 1.82) is 5.26 Å². The van der Waals surface area contributed by atoms with Crippen molar-refractivity contribution in [3.8, 4) is 6.07 Å². The lowest BCUT2D eigenvalue weighted by Crippen LogP contribution is -2.45. The van der Waals surface area contributed by atoms with Gasteiger partial charge in [-0.15, -0.1) is 0 Å². The van der Waals surface area contributed by atoms with E-state index in [1.54, 1.807) is 0 Å². The van der Waals surface area contributed by atoms with Crippen LogP contribution in [0.2, 0.25) is 0 Å². The summed E-state index contributed by atoms with van der Waals surface area (Å²) in [7, 11) is 0. The fraction of sp³-hybridized carbons (Fsp3) is 0.429. The average Bonchev–Trinajstić information content (AvgIpc) is 2.45. The number of carbonyl (C=O) groups is 1. The van der Waals surface area contributed by atoms with Crippen LogP contribution >= 0.6 is 0 Å². The van der Waals surface area contributed by atoms with Crippen molar-refractivity contribution in [3.05, 3.63) is 35.4 Å². The Balaban J connectivity index is 2.07. The van der Waals surface area contributed by atoms with Gasteiger partial charge in [-0.05, 0) is 17.5 Å². The minimum Gasteiger partial charge on any atom is -0.342 e. The summed E-state index contributed by atoms with van der Waals surface area (Å²) in [6, 6.07) is 10.2. The number of hydrogen-bond acceptors (Lipinski definition) is 4. The number of amides is 1. The number of nitrogens with one attached hydrogen (secondary N) is 1. The van der Waals surface area contributed by atoms with Crippen LogP contribution in [0.5, 0.6) is 0 Å². The summed E-state index contributed by atoms with van der Waals surface area (Å²) in [5.74, 6) is -0.126. The van der Waals surface area contributed by atoms with Gasteiger partial charge in [-0.25, -0.2) is 0 Å². The Labute approximate surface area is 113 Å². The molecule has 1 aromatic rings. The SMILES string of the molecule is N#CCNC(=O)CN1CCc2ccccc2C1CN. The molecule has 0 spiro atoms. The zero-order chi connectivity index (χ0) is 13.7. The summed E-state index contributed by atoms with van der Waals surface area (Å²) in [5, 5.41) is 11.0.